The molecule has 146 valence electrons. The van der Waals surface area contributed by atoms with Crippen molar-refractivity contribution in [1.29, 1.82) is 0 Å². The molecule has 8 nitrogen and oxygen atoms in total. The SMILES string of the molecule is CCCNC(=O)ON(CCCCC(C)=O)S(=O)(=O)c1ccc(OC)cc1. The van der Waals surface area contributed by atoms with Crippen molar-refractivity contribution in [3.8, 4) is 5.75 Å². The van der Waals surface area contributed by atoms with Gasteiger partial charge >= 0.3 is 6.09 Å². The fraction of sp³-hybridized carbons (Fsp3) is 0.529. The molecule has 0 atom stereocenters. The van der Waals surface area contributed by atoms with E-state index in [1.807, 2.05) is 6.92 Å². The van der Waals surface area contributed by atoms with Crippen LogP contribution in [0.15, 0.2) is 29.2 Å². The van der Waals surface area contributed by atoms with E-state index >= 15 is 0 Å². The number of methoxy groups -OCH3 is 1. The molecule has 0 saturated carbocycles. The van der Waals surface area contributed by atoms with E-state index in [1.165, 1.54) is 38.3 Å². The highest BCUT2D eigenvalue weighted by atomic mass is 32.2. The van der Waals surface area contributed by atoms with Crippen LogP contribution in [-0.4, -0.2) is 45.0 Å². The van der Waals surface area contributed by atoms with E-state index in [0.717, 1.165) is 0 Å². The molecule has 1 aromatic carbocycles. The molecule has 9 heteroatoms. The van der Waals surface area contributed by atoms with Crippen molar-refractivity contribution >= 4 is 21.9 Å². The summed E-state index contributed by atoms with van der Waals surface area (Å²) in [6.45, 7) is 3.68. The first-order chi connectivity index (χ1) is 12.3. The zero-order valence-corrected chi connectivity index (χ0v) is 16.2. The average molecular weight is 386 g/mol. The van der Waals surface area contributed by atoms with E-state index in [0.29, 0.717) is 42.4 Å². The summed E-state index contributed by atoms with van der Waals surface area (Å²) in [5, 5.41) is 2.47. The minimum Gasteiger partial charge on any atom is -0.497 e. The van der Waals surface area contributed by atoms with Crippen LogP contribution in [0.25, 0.3) is 0 Å². The molecule has 0 aliphatic rings. The molecule has 0 unspecified atom stereocenters. The molecule has 0 saturated heterocycles. The molecule has 1 amide bonds. The van der Waals surface area contributed by atoms with E-state index in [9.17, 15) is 18.0 Å². The molecule has 0 aliphatic heterocycles. The minimum absolute atomic E-state index is 0.0202. The van der Waals surface area contributed by atoms with Gasteiger partial charge in [-0.2, -0.15) is 0 Å². The molecule has 26 heavy (non-hydrogen) atoms. The summed E-state index contributed by atoms with van der Waals surface area (Å²) in [6.07, 6.45) is 1.09. The maximum Gasteiger partial charge on any atom is 0.427 e. The number of hydrogen-bond donors (Lipinski definition) is 1. The van der Waals surface area contributed by atoms with E-state index in [-0.39, 0.29) is 17.2 Å². The number of ketones is 1. The van der Waals surface area contributed by atoms with Crippen LogP contribution in [0.5, 0.6) is 5.75 Å². The summed E-state index contributed by atoms with van der Waals surface area (Å²) >= 11 is 0. The Labute approximate surface area is 154 Å². The number of rotatable bonds is 11. The molecule has 0 aromatic heterocycles. The number of hydrogen-bond acceptors (Lipinski definition) is 6. The molecule has 1 rings (SSSR count). The Morgan fingerprint density at radius 2 is 1.81 bits per heavy atom. The lowest BCUT2D eigenvalue weighted by molar-refractivity contribution is -0.117. The van der Waals surface area contributed by atoms with Crippen molar-refractivity contribution < 1.29 is 27.6 Å². The highest BCUT2D eigenvalue weighted by Crippen LogP contribution is 2.20. The fourth-order valence-electron chi connectivity index (χ4n) is 2.05. The van der Waals surface area contributed by atoms with Gasteiger partial charge < -0.3 is 19.7 Å². The number of amides is 1. The number of hydroxylamine groups is 1. The van der Waals surface area contributed by atoms with Gasteiger partial charge in [-0.1, -0.05) is 6.92 Å². The highest BCUT2D eigenvalue weighted by Gasteiger charge is 2.28. The zero-order valence-electron chi connectivity index (χ0n) is 15.4. The van der Waals surface area contributed by atoms with E-state index in [4.69, 9.17) is 9.57 Å². The summed E-state index contributed by atoms with van der Waals surface area (Å²) in [5.74, 6) is 0.537. The summed E-state index contributed by atoms with van der Waals surface area (Å²) in [5.41, 5.74) is 0. The third-order valence-electron chi connectivity index (χ3n) is 3.45. The van der Waals surface area contributed by atoms with E-state index in [2.05, 4.69) is 5.32 Å². The van der Waals surface area contributed by atoms with Gasteiger partial charge in [0.15, 0.2) is 0 Å². The monoisotopic (exact) mass is 386 g/mol. The quantitative estimate of drug-likeness (QED) is 0.463. The van der Waals surface area contributed by atoms with Crippen LogP contribution in [0, 0.1) is 0 Å². The lowest BCUT2D eigenvalue weighted by Crippen LogP contribution is -2.38. The maximum atomic E-state index is 12.8. The number of nitrogens with one attached hydrogen (secondary N) is 1. The Balaban J connectivity index is 2.91. The first kappa shape index (κ1) is 21.9. The molecule has 1 N–H and O–H groups in total. The predicted octanol–water partition coefficient (Wildman–Crippen LogP) is 2.50. The molecule has 0 bridgehead atoms. The zero-order chi connectivity index (χ0) is 19.6. The predicted molar refractivity (Wildman–Crippen MR) is 96.2 cm³/mol. The molecule has 0 radical (unpaired) electrons. The highest BCUT2D eigenvalue weighted by molar-refractivity contribution is 7.89. The summed E-state index contributed by atoms with van der Waals surface area (Å²) in [6, 6.07) is 5.78. The molecular weight excluding hydrogens is 360 g/mol. The Morgan fingerprint density at radius 1 is 1.15 bits per heavy atom. The number of ether oxygens (including phenoxy) is 1. The van der Waals surface area contributed by atoms with Crippen molar-refractivity contribution in [3.63, 3.8) is 0 Å². The van der Waals surface area contributed by atoms with E-state index in [1.54, 1.807) is 0 Å². The Kier molecular flexibility index (Phi) is 9.08. The first-order valence-corrected chi connectivity index (χ1v) is 9.87. The summed E-state index contributed by atoms with van der Waals surface area (Å²) in [7, 11) is -2.56. The number of nitrogens with zero attached hydrogens (tertiary/aromatic N) is 1. The van der Waals surface area contributed by atoms with Gasteiger partial charge in [-0.05, 0) is 54.9 Å². The molecule has 0 fully saturated rings. The fourth-order valence-corrected chi connectivity index (χ4v) is 3.30. The van der Waals surface area contributed by atoms with Crippen molar-refractivity contribution in [1.82, 2.24) is 9.79 Å². The second-order valence-corrected chi connectivity index (χ2v) is 7.50. The van der Waals surface area contributed by atoms with Crippen LogP contribution in [0.3, 0.4) is 0 Å². The number of benzene rings is 1. The summed E-state index contributed by atoms with van der Waals surface area (Å²) in [4.78, 5) is 27.8. The van der Waals surface area contributed by atoms with Gasteiger partial charge in [0.05, 0.1) is 18.6 Å². The molecular formula is C17H26N2O6S. The molecule has 0 aliphatic carbocycles. The van der Waals surface area contributed by atoms with Gasteiger partial charge in [0.25, 0.3) is 10.0 Å². The average Bonchev–Trinajstić information content (AvgIpc) is 2.62. The standard InChI is InChI=1S/C17H26N2O6S/c1-4-12-18-17(21)25-19(13-6-5-7-14(2)20)26(22,23)16-10-8-15(24-3)9-11-16/h8-11H,4-7,12-13H2,1-3H3,(H,18,21). The number of carbonyl (C=O) groups excluding carboxylic acids is 2. The molecule has 0 heterocycles. The van der Waals surface area contributed by atoms with Gasteiger partial charge in [0, 0.05) is 13.0 Å². The van der Waals surface area contributed by atoms with Crippen LogP contribution in [0.1, 0.15) is 39.5 Å². The number of carbonyl (C=O) groups is 2. The topological polar surface area (TPSA) is 102 Å². The maximum absolute atomic E-state index is 12.8. The van der Waals surface area contributed by atoms with Crippen molar-refractivity contribution in [2.24, 2.45) is 0 Å². The van der Waals surface area contributed by atoms with Crippen molar-refractivity contribution in [3.05, 3.63) is 24.3 Å². The van der Waals surface area contributed by atoms with Crippen molar-refractivity contribution in [2.45, 2.75) is 44.4 Å². The van der Waals surface area contributed by atoms with Crippen LogP contribution in [0.2, 0.25) is 0 Å². The second-order valence-electron chi connectivity index (χ2n) is 5.67. The third kappa shape index (κ3) is 7.01. The van der Waals surface area contributed by atoms with Gasteiger partial charge in [0.2, 0.25) is 0 Å². The third-order valence-corrected chi connectivity index (χ3v) is 5.11. The second kappa shape index (κ2) is 10.8. The van der Waals surface area contributed by atoms with Gasteiger partial charge in [-0.15, -0.1) is 0 Å². The normalized spacial score (nSPS) is 11.2. The van der Waals surface area contributed by atoms with E-state index < -0.39 is 16.1 Å². The lowest BCUT2D eigenvalue weighted by Gasteiger charge is -2.21. The Morgan fingerprint density at radius 3 is 2.35 bits per heavy atom. The minimum atomic E-state index is -4.04. The number of sulfonamides is 1. The van der Waals surface area contributed by atoms with Crippen LogP contribution in [-0.2, 0) is 19.7 Å². The van der Waals surface area contributed by atoms with Gasteiger partial charge in [-0.3, -0.25) is 0 Å². The molecule has 0 spiro atoms. The lowest BCUT2D eigenvalue weighted by atomic mass is 10.2. The van der Waals surface area contributed by atoms with Crippen LogP contribution < -0.4 is 10.1 Å². The van der Waals surface area contributed by atoms with Gasteiger partial charge in [0.1, 0.15) is 11.5 Å². The van der Waals surface area contributed by atoms with Crippen molar-refractivity contribution in [2.75, 3.05) is 20.2 Å². The molecule has 1 aromatic rings. The first-order valence-electron chi connectivity index (χ1n) is 8.43. The number of unbranched alkanes of at least 4 members (excludes halogenated alkanes) is 1. The smallest absolute Gasteiger partial charge is 0.427 e. The Bertz CT molecular complexity index is 688. The number of Topliss-reactive ketones (excluding diaryl/α,β-unsaturated/α-hetero) is 1. The van der Waals surface area contributed by atoms with Crippen LogP contribution >= 0.6 is 0 Å². The van der Waals surface area contributed by atoms with Gasteiger partial charge in [-0.25, -0.2) is 13.2 Å². The van der Waals surface area contributed by atoms with Crippen LogP contribution in [0.4, 0.5) is 4.79 Å². The largest absolute Gasteiger partial charge is 0.497 e. The Hall–Kier alpha value is -2.13. The summed E-state index contributed by atoms with van der Waals surface area (Å²) < 4.78 is 31.2.